The van der Waals surface area contributed by atoms with Crippen LogP contribution >= 0.6 is 0 Å². The van der Waals surface area contributed by atoms with Gasteiger partial charge in [-0.15, -0.1) is 0 Å². The highest BCUT2D eigenvalue weighted by Gasteiger charge is 2.02. The highest BCUT2D eigenvalue weighted by molar-refractivity contribution is 5.88. The Hall–Kier alpha value is -2.50. The quantitative estimate of drug-likeness (QED) is 0.866. The summed E-state index contributed by atoms with van der Waals surface area (Å²) >= 11 is 0. The predicted molar refractivity (Wildman–Crippen MR) is 65.4 cm³/mol. The number of rotatable bonds is 4. The van der Waals surface area contributed by atoms with E-state index in [1.807, 2.05) is 0 Å². The Morgan fingerprint density at radius 1 is 1.44 bits per heavy atom. The average molecular weight is 247 g/mol. The molecule has 6 heteroatoms. The summed E-state index contributed by atoms with van der Waals surface area (Å²) in [5.74, 6) is 0.499. The average Bonchev–Trinajstić information content (AvgIpc) is 2.90. The van der Waals surface area contributed by atoms with Crippen LogP contribution in [0.4, 0.5) is 10.5 Å². The number of aromatic nitrogens is 1. The molecule has 0 fully saturated rings. The summed E-state index contributed by atoms with van der Waals surface area (Å²) in [6.45, 7) is 0.409. The Morgan fingerprint density at radius 3 is 2.94 bits per heavy atom. The molecule has 0 bridgehead atoms. The monoisotopic (exact) mass is 247 g/mol. The summed E-state index contributed by atoms with van der Waals surface area (Å²) in [4.78, 5) is 15.5. The lowest BCUT2D eigenvalue weighted by molar-refractivity contribution is 0.251. The van der Waals surface area contributed by atoms with Gasteiger partial charge in [0.2, 0.25) is 5.88 Å². The van der Waals surface area contributed by atoms with Gasteiger partial charge in [-0.2, -0.15) is 0 Å². The summed E-state index contributed by atoms with van der Waals surface area (Å²) in [6, 6.07) is 4.87. The molecule has 0 aliphatic rings. The number of carbonyl (C=O) groups is 1. The molecule has 2 amide bonds. The van der Waals surface area contributed by atoms with Gasteiger partial charge in [-0.05, 0) is 12.1 Å². The Bertz CT molecular complexity index is 494. The molecule has 0 radical (unpaired) electrons. The highest BCUT2D eigenvalue weighted by Crippen LogP contribution is 2.10. The van der Waals surface area contributed by atoms with Crippen molar-refractivity contribution in [3.8, 4) is 5.88 Å². The molecule has 0 saturated carbocycles. The minimum Gasteiger partial charge on any atom is -0.481 e. The fourth-order valence-corrected chi connectivity index (χ4v) is 1.33. The zero-order valence-electron chi connectivity index (χ0n) is 9.84. The molecular formula is C12H13N3O3. The third-order valence-electron chi connectivity index (χ3n) is 2.24. The van der Waals surface area contributed by atoms with E-state index in [-0.39, 0.29) is 6.03 Å². The molecule has 18 heavy (non-hydrogen) atoms. The lowest BCUT2D eigenvalue weighted by Gasteiger charge is -2.06. The first-order valence-corrected chi connectivity index (χ1v) is 5.34. The topological polar surface area (TPSA) is 76.4 Å². The van der Waals surface area contributed by atoms with Crippen molar-refractivity contribution >= 4 is 11.7 Å². The fraction of sp³-hybridized carbons (Fsp3) is 0.167. The highest BCUT2D eigenvalue weighted by atomic mass is 16.5. The largest absolute Gasteiger partial charge is 0.481 e. The van der Waals surface area contributed by atoms with Crippen molar-refractivity contribution in [3.63, 3.8) is 0 Å². The van der Waals surface area contributed by atoms with E-state index >= 15 is 0 Å². The molecule has 2 N–H and O–H groups in total. The van der Waals surface area contributed by atoms with Crippen LogP contribution < -0.4 is 15.4 Å². The van der Waals surface area contributed by atoms with E-state index < -0.39 is 0 Å². The van der Waals surface area contributed by atoms with Crippen molar-refractivity contribution in [1.82, 2.24) is 10.3 Å². The van der Waals surface area contributed by atoms with E-state index in [1.165, 1.54) is 13.3 Å². The minimum atomic E-state index is -0.303. The van der Waals surface area contributed by atoms with Gasteiger partial charge in [0, 0.05) is 18.2 Å². The zero-order valence-corrected chi connectivity index (χ0v) is 9.84. The van der Waals surface area contributed by atoms with Crippen LogP contribution in [-0.2, 0) is 6.54 Å². The number of hydrogen-bond acceptors (Lipinski definition) is 4. The second-order valence-corrected chi connectivity index (χ2v) is 3.53. The lowest BCUT2D eigenvalue weighted by Crippen LogP contribution is -2.28. The van der Waals surface area contributed by atoms with Gasteiger partial charge >= 0.3 is 6.03 Å². The van der Waals surface area contributed by atoms with E-state index in [4.69, 9.17) is 9.15 Å². The number of nitrogens with one attached hydrogen (secondary N) is 2. The van der Waals surface area contributed by atoms with Crippen LogP contribution in [0.5, 0.6) is 5.88 Å². The number of anilines is 1. The summed E-state index contributed by atoms with van der Waals surface area (Å²) in [6.07, 6.45) is 4.66. The van der Waals surface area contributed by atoms with Crippen LogP contribution in [0.15, 0.2) is 41.3 Å². The molecule has 0 aromatic carbocycles. The first-order valence-electron chi connectivity index (χ1n) is 5.34. The number of methoxy groups -OCH3 is 1. The van der Waals surface area contributed by atoms with Crippen LogP contribution in [0.2, 0.25) is 0 Å². The van der Waals surface area contributed by atoms with Crippen molar-refractivity contribution < 1.29 is 13.9 Å². The van der Waals surface area contributed by atoms with Crippen molar-refractivity contribution in [1.29, 1.82) is 0 Å². The molecule has 6 nitrogen and oxygen atoms in total. The number of nitrogens with zero attached hydrogens (tertiary/aromatic N) is 1. The number of urea groups is 1. The second kappa shape index (κ2) is 5.72. The molecule has 94 valence electrons. The molecule has 0 aliphatic heterocycles. The van der Waals surface area contributed by atoms with Gasteiger partial charge in [0.15, 0.2) is 0 Å². The van der Waals surface area contributed by atoms with E-state index in [0.717, 1.165) is 5.56 Å². The first kappa shape index (κ1) is 12.0. The molecule has 0 saturated heterocycles. The van der Waals surface area contributed by atoms with Crippen LogP contribution in [0, 0.1) is 0 Å². The Kier molecular flexibility index (Phi) is 3.80. The molecule has 2 aromatic heterocycles. The molecule has 0 unspecified atom stereocenters. The van der Waals surface area contributed by atoms with Gasteiger partial charge in [-0.25, -0.2) is 9.78 Å². The van der Waals surface area contributed by atoms with Crippen LogP contribution in [-0.4, -0.2) is 18.1 Å². The molecule has 2 heterocycles. The summed E-state index contributed by atoms with van der Waals surface area (Å²) in [5.41, 5.74) is 1.50. The molecular weight excluding hydrogens is 234 g/mol. The van der Waals surface area contributed by atoms with Crippen molar-refractivity contribution in [2.24, 2.45) is 0 Å². The van der Waals surface area contributed by atoms with Crippen molar-refractivity contribution in [2.75, 3.05) is 12.4 Å². The van der Waals surface area contributed by atoms with Gasteiger partial charge in [-0.3, -0.25) is 0 Å². The van der Waals surface area contributed by atoms with Gasteiger partial charge < -0.3 is 19.8 Å². The maximum absolute atomic E-state index is 11.6. The third kappa shape index (κ3) is 3.24. The van der Waals surface area contributed by atoms with Crippen molar-refractivity contribution in [2.45, 2.75) is 6.54 Å². The molecule has 0 atom stereocenters. The SMILES string of the molecule is COc1ccc(NC(=O)NCc2ccoc2)cn1. The fourth-order valence-electron chi connectivity index (χ4n) is 1.33. The second-order valence-electron chi connectivity index (χ2n) is 3.53. The Balaban J connectivity index is 1.83. The number of ether oxygens (including phenoxy) is 1. The van der Waals surface area contributed by atoms with Gasteiger partial charge in [-0.1, -0.05) is 0 Å². The van der Waals surface area contributed by atoms with Crippen LogP contribution in [0.25, 0.3) is 0 Å². The number of pyridine rings is 1. The number of hydrogen-bond donors (Lipinski definition) is 2. The molecule has 2 aromatic rings. The smallest absolute Gasteiger partial charge is 0.319 e. The maximum atomic E-state index is 11.6. The van der Waals surface area contributed by atoms with Crippen LogP contribution in [0.3, 0.4) is 0 Å². The molecule has 0 spiro atoms. The molecule has 0 aliphatic carbocycles. The van der Waals surface area contributed by atoms with E-state index in [1.54, 1.807) is 30.7 Å². The maximum Gasteiger partial charge on any atom is 0.319 e. The minimum absolute atomic E-state index is 0.303. The summed E-state index contributed by atoms with van der Waals surface area (Å²) < 4.78 is 9.82. The molecule has 2 rings (SSSR count). The van der Waals surface area contributed by atoms with Gasteiger partial charge in [0.1, 0.15) is 0 Å². The predicted octanol–water partition coefficient (Wildman–Crippen LogP) is 2.00. The van der Waals surface area contributed by atoms with E-state index in [2.05, 4.69) is 15.6 Å². The standard InChI is InChI=1S/C12H13N3O3/c1-17-11-3-2-10(7-13-11)15-12(16)14-6-9-4-5-18-8-9/h2-5,7-8H,6H2,1H3,(H2,14,15,16). The van der Waals surface area contributed by atoms with Crippen LogP contribution in [0.1, 0.15) is 5.56 Å². The number of furan rings is 1. The zero-order chi connectivity index (χ0) is 12.8. The first-order chi connectivity index (χ1) is 8.78. The van der Waals surface area contributed by atoms with Crippen molar-refractivity contribution in [3.05, 3.63) is 42.5 Å². The normalized spacial score (nSPS) is 9.83. The lowest BCUT2D eigenvalue weighted by atomic mass is 10.3. The summed E-state index contributed by atoms with van der Waals surface area (Å²) in [7, 11) is 1.53. The van der Waals surface area contributed by atoms with E-state index in [9.17, 15) is 4.79 Å². The number of carbonyl (C=O) groups excluding carboxylic acids is 1. The number of amides is 2. The summed E-state index contributed by atoms with van der Waals surface area (Å²) in [5, 5.41) is 5.35. The Morgan fingerprint density at radius 2 is 2.33 bits per heavy atom. The Labute approximate surface area is 104 Å². The van der Waals surface area contributed by atoms with E-state index in [0.29, 0.717) is 18.1 Å². The van der Waals surface area contributed by atoms with Gasteiger partial charge in [0.25, 0.3) is 0 Å². The third-order valence-corrected chi connectivity index (χ3v) is 2.24. The van der Waals surface area contributed by atoms with Gasteiger partial charge in [0.05, 0.1) is 31.5 Å².